The topological polar surface area (TPSA) is 38.5 Å². The predicted octanol–water partition coefficient (Wildman–Crippen LogP) is 3.06. The van der Waals surface area contributed by atoms with Crippen LogP contribution in [-0.4, -0.2) is 32.5 Å². The Balaban J connectivity index is 2.52. The van der Waals surface area contributed by atoms with Crippen LogP contribution in [0.5, 0.6) is 0 Å². The van der Waals surface area contributed by atoms with E-state index in [4.69, 9.17) is 5.73 Å². The minimum absolute atomic E-state index is 0.0217. The Morgan fingerprint density at radius 1 is 1.21 bits per heavy atom. The summed E-state index contributed by atoms with van der Waals surface area (Å²) in [4.78, 5) is 1.94. The van der Waals surface area contributed by atoms with E-state index in [1.165, 1.54) is 0 Å². The van der Waals surface area contributed by atoms with Gasteiger partial charge >= 0.3 is 6.18 Å². The lowest BCUT2D eigenvalue weighted by atomic mass is 10.2. The third-order valence-electron chi connectivity index (χ3n) is 2.54. The fourth-order valence-corrected chi connectivity index (χ4v) is 1.76. The number of ether oxygens (including phenoxy) is 1. The second kappa shape index (κ2) is 7.23. The molecule has 0 saturated carbocycles. The van der Waals surface area contributed by atoms with Crippen molar-refractivity contribution in [2.75, 3.05) is 36.9 Å². The van der Waals surface area contributed by atoms with E-state index in [1.807, 2.05) is 30.0 Å². The van der Waals surface area contributed by atoms with Crippen LogP contribution in [0.2, 0.25) is 0 Å². The first-order valence-corrected chi connectivity index (χ1v) is 6.18. The fourth-order valence-electron chi connectivity index (χ4n) is 1.76. The summed E-state index contributed by atoms with van der Waals surface area (Å²) in [5, 5.41) is 0. The van der Waals surface area contributed by atoms with Gasteiger partial charge in [0.1, 0.15) is 6.61 Å². The van der Waals surface area contributed by atoms with Crippen molar-refractivity contribution in [2.45, 2.75) is 19.5 Å². The highest BCUT2D eigenvalue weighted by Gasteiger charge is 2.27. The van der Waals surface area contributed by atoms with Crippen LogP contribution in [0.25, 0.3) is 0 Å². The van der Waals surface area contributed by atoms with E-state index in [2.05, 4.69) is 4.74 Å². The Labute approximate surface area is 111 Å². The number of alkyl halides is 3. The van der Waals surface area contributed by atoms with E-state index in [1.54, 1.807) is 6.07 Å². The number of nitrogen functional groups attached to an aromatic ring is 1. The Kier molecular flexibility index (Phi) is 5.95. The van der Waals surface area contributed by atoms with E-state index in [0.717, 1.165) is 18.7 Å². The van der Waals surface area contributed by atoms with E-state index < -0.39 is 12.8 Å². The van der Waals surface area contributed by atoms with Crippen LogP contribution in [0.15, 0.2) is 24.3 Å². The number of anilines is 2. The molecule has 0 aromatic heterocycles. The first-order chi connectivity index (χ1) is 8.94. The Morgan fingerprint density at radius 2 is 1.89 bits per heavy atom. The molecule has 1 rings (SSSR count). The van der Waals surface area contributed by atoms with Gasteiger partial charge in [-0.05, 0) is 18.6 Å². The number of benzene rings is 1. The molecular formula is C13H19F3N2O. The molecule has 2 N–H and O–H groups in total. The van der Waals surface area contributed by atoms with Crippen molar-refractivity contribution >= 4 is 11.4 Å². The Morgan fingerprint density at radius 3 is 2.47 bits per heavy atom. The minimum atomic E-state index is -4.28. The van der Waals surface area contributed by atoms with Crippen LogP contribution >= 0.6 is 0 Å². The van der Waals surface area contributed by atoms with Crippen LogP contribution in [0.1, 0.15) is 13.3 Å². The first kappa shape index (κ1) is 15.6. The largest absolute Gasteiger partial charge is 0.411 e. The third kappa shape index (κ3) is 5.83. The lowest BCUT2D eigenvalue weighted by molar-refractivity contribution is -0.173. The molecule has 0 fully saturated rings. The van der Waals surface area contributed by atoms with Gasteiger partial charge < -0.3 is 15.4 Å². The molecule has 19 heavy (non-hydrogen) atoms. The molecule has 0 unspecified atom stereocenters. The molecule has 3 nitrogen and oxygen atoms in total. The van der Waals surface area contributed by atoms with Crippen LogP contribution < -0.4 is 10.6 Å². The van der Waals surface area contributed by atoms with Crippen molar-refractivity contribution in [1.82, 2.24) is 0 Å². The standard InChI is InChI=1S/C13H19F3N2O/c1-2-7-18(8-9-19-10-13(14,15)16)12-6-4-3-5-11(12)17/h3-6H,2,7-10,17H2,1H3. The molecule has 0 saturated heterocycles. The Hall–Kier alpha value is -1.43. The normalized spacial score (nSPS) is 11.6. The van der Waals surface area contributed by atoms with Crippen LogP contribution in [0, 0.1) is 0 Å². The molecule has 0 heterocycles. The van der Waals surface area contributed by atoms with Gasteiger partial charge in [-0.25, -0.2) is 0 Å². The summed E-state index contributed by atoms with van der Waals surface area (Å²) in [7, 11) is 0. The predicted molar refractivity (Wildman–Crippen MR) is 70.2 cm³/mol. The maximum atomic E-state index is 12.0. The number of hydrogen-bond donors (Lipinski definition) is 1. The van der Waals surface area contributed by atoms with Crippen molar-refractivity contribution in [1.29, 1.82) is 0 Å². The van der Waals surface area contributed by atoms with Gasteiger partial charge in [0.05, 0.1) is 18.0 Å². The maximum absolute atomic E-state index is 12.0. The summed E-state index contributed by atoms with van der Waals surface area (Å²) in [6.07, 6.45) is -3.39. The van der Waals surface area contributed by atoms with Gasteiger partial charge in [0.25, 0.3) is 0 Å². The lowest BCUT2D eigenvalue weighted by Crippen LogP contribution is -2.30. The van der Waals surface area contributed by atoms with Crippen molar-refractivity contribution in [2.24, 2.45) is 0 Å². The molecule has 0 aliphatic rings. The fraction of sp³-hybridized carbons (Fsp3) is 0.538. The molecule has 0 spiro atoms. The van der Waals surface area contributed by atoms with Crippen LogP contribution in [-0.2, 0) is 4.74 Å². The number of para-hydroxylation sites is 2. The third-order valence-corrected chi connectivity index (χ3v) is 2.54. The molecule has 0 atom stereocenters. The Bertz CT molecular complexity index is 382. The molecule has 0 radical (unpaired) electrons. The highest BCUT2D eigenvalue weighted by molar-refractivity contribution is 5.67. The SMILES string of the molecule is CCCN(CCOCC(F)(F)F)c1ccccc1N. The number of nitrogens with two attached hydrogens (primary N) is 1. The van der Waals surface area contributed by atoms with E-state index in [-0.39, 0.29) is 6.61 Å². The molecule has 0 aliphatic carbocycles. The summed E-state index contributed by atoms with van der Waals surface area (Å²) >= 11 is 0. The highest BCUT2D eigenvalue weighted by atomic mass is 19.4. The zero-order valence-corrected chi connectivity index (χ0v) is 10.9. The molecule has 0 aliphatic heterocycles. The van der Waals surface area contributed by atoms with Gasteiger partial charge in [0.2, 0.25) is 0 Å². The second-order valence-corrected chi connectivity index (χ2v) is 4.21. The van der Waals surface area contributed by atoms with Crippen LogP contribution in [0.4, 0.5) is 24.5 Å². The summed E-state index contributed by atoms with van der Waals surface area (Å²) in [6, 6.07) is 7.30. The van der Waals surface area contributed by atoms with Crippen LogP contribution in [0.3, 0.4) is 0 Å². The van der Waals surface area contributed by atoms with Gasteiger partial charge in [-0.3, -0.25) is 0 Å². The van der Waals surface area contributed by atoms with Gasteiger partial charge in [-0.1, -0.05) is 19.1 Å². The summed E-state index contributed by atoms with van der Waals surface area (Å²) < 4.78 is 40.5. The van der Waals surface area contributed by atoms with Crippen molar-refractivity contribution in [3.8, 4) is 0 Å². The van der Waals surface area contributed by atoms with Gasteiger partial charge in [-0.15, -0.1) is 0 Å². The summed E-state index contributed by atoms with van der Waals surface area (Å²) in [5.74, 6) is 0. The second-order valence-electron chi connectivity index (χ2n) is 4.21. The summed E-state index contributed by atoms with van der Waals surface area (Å²) in [6.45, 7) is 1.93. The first-order valence-electron chi connectivity index (χ1n) is 6.18. The molecule has 6 heteroatoms. The minimum Gasteiger partial charge on any atom is -0.397 e. The summed E-state index contributed by atoms with van der Waals surface area (Å²) in [5.41, 5.74) is 7.31. The maximum Gasteiger partial charge on any atom is 0.411 e. The number of hydrogen-bond acceptors (Lipinski definition) is 3. The molecular weight excluding hydrogens is 257 g/mol. The molecule has 0 bridgehead atoms. The highest BCUT2D eigenvalue weighted by Crippen LogP contribution is 2.22. The molecule has 108 valence electrons. The molecule has 0 amide bonds. The van der Waals surface area contributed by atoms with E-state index in [9.17, 15) is 13.2 Å². The van der Waals surface area contributed by atoms with E-state index >= 15 is 0 Å². The molecule has 1 aromatic carbocycles. The van der Waals surface area contributed by atoms with Gasteiger partial charge in [0.15, 0.2) is 0 Å². The molecule has 1 aromatic rings. The zero-order chi connectivity index (χ0) is 14.3. The number of halogens is 3. The van der Waals surface area contributed by atoms with Crippen molar-refractivity contribution < 1.29 is 17.9 Å². The van der Waals surface area contributed by atoms with Gasteiger partial charge in [0, 0.05) is 13.1 Å². The average Bonchev–Trinajstić information content (AvgIpc) is 2.33. The monoisotopic (exact) mass is 276 g/mol. The lowest BCUT2D eigenvalue weighted by Gasteiger charge is -2.25. The quantitative estimate of drug-likeness (QED) is 0.614. The average molecular weight is 276 g/mol. The van der Waals surface area contributed by atoms with Gasteiger partial charge in [-0.2, -0.15) is 13.2 Å². The number of nitrogens with zero attached hydrogens (tertiary/aromatic N) is 1. The van der Waals surface area contributed by atoms with E-state index in [0.29, 0.717) is 12.2 Å². The smallest absolute Gasteiger partial charge is 0.397 e. The van der Waals surface area contributed by atoms with Crippen molar-refractivity contribution in [3.05, 3.63) is 24.3 Å². The van der Waals surface area contributed by atoms with Crippen molar-refractivity contribution in [3.63, 3.8) is 0 Å². The zero-order valence-electron chi connectivity index (χ0n) is 10.9. The number of rotatable bonds is 7.